The molecule has 2 amide bonds. The van der Waals surface area contributed by atoms with E-state index in [-0.39, 0.29) is 23.8 Å². The number of amides is 2. The van der Waals surface area contributed by atoms with Crippen LogP contribution in [0.3, 0.4) is 0 Å². The van der Waals surface area contributed by atoms with E-state index in [9.17, 15) is 14.7 Å². The van der Waals surface area contributed by atoms with Gasteiger partial charge in [0.2, 0.25) is 11.8 Å². The molecule has 1 heterocycles. The summed E-state index contributed by atoms with van der Waals surface area (Å²) < 4.78 is 0. The Hall–Kier alpha value is -1.10. The zero-order chi connectivity index (χ0) is 16.3. The number of aliphatic hydroxyl groups is 1. The van der Waals surface area contributed by atoms with Gasteiger partial charge in [0.25, 0.3) is 0 Å². The molecule has 128 valence electrons. The highest BCUT2D eigenvalue weighted by atomic mass is 16.3. The van der Waals surface area contributed by atoms with Gasteiger partial charge >= 0.3 is 0 Å². The van der Waals surface area contributed by atoms with Gasteiger partial charge in [-0.15, -0.1) is 0 Å². The van der Waals surface area contributed by atoms with E-state index in [1.165, 1.54) is 6.42 Å². The van der Waals surface area contributed by atoms with E-state index in [1.54, 1.807) is 4.90 Å². The predicted octanol–water partition coefficient (Wildman–Crippen LogP) is 1.45. The third-order valence-corrected chi connectivity index (χ3v) is 6.91. The normalized spacial score (nSPS) is 45.7. The lowest BCUT2D eigenvalue weighted by molar-refractivity contribution is -0.209. The molecule has 5 fully saturated rings. The third kappa shape index (κ3) is 2.39. The van der Waals surface area contributed by atoms with E-state index in [0.29, 0.717) is 25.4 Å². The minimum atomic E-state index is -0.654. The molecule has 1 aliphatic heterocycles. The largest absolute Gasteiger partial charge is 0.390 e. The van der Waals surface area contributed by atoms with E-state index < -0.39 is 11.0 Å². The van der Waals surface area contributed by atoms with Gasteiger partial charge in [0.15, 0.2) is 0 Å². The first-order valence-corrected chi connectivity index (χ1v) is 9.16. The summed E-state index contributed by atoms with van der Waals surface area (Å²) in [6.07, 6.45) is 7.19. The standard InChI is InChI=1S/C18H28N2O3/c1-2-16-6-13-7-17(10-16,12-18(23,8-13)11-16)15(22)20-5-3-4-19-14(21)9-20/h13,23H,2-12H2,1H3,(H,19,21). The van der Waals surface area contributed by atoms with Crippen LogP contribution in [0.2, 0.25) is 0 Å². The van der Waals surface area contributed by atoms with Crippen molar-refractivity contribution in [1.82, 2.24) is 10.2 Å². The molecule has 4 atom stereocenters. The van der Waals surface area contributed by atoms with E-state index in [4.69, 9.17) is 0 Å². The lowest BCUT2D eigenvalue weighted by Crippen LogP contribution is -2.64. The fraction of sp³-hybridized carbons (Fsp3) is 0.889. The molecular formula is C18H28N2O3. The van der Waals surface area contributed by atoms with Crippen LogP contribution in [0.1, 0.15) is 58.3 Å². The maximum absolute atomic E-state index is 13.4. The Labute approximate surface area is 137 Å². The van der Waals surface area contributed by atoms with Gasteiger partial charge in [-0.1, -0.05) is 13.3 Å². The fourth-order valence-corrected chi connectivity index (χ4v) is 6.53. The second-order valence-corrected chi connectivity index (χ2v) is 8.80. The molecule has 0 spiro atoms. The van der Waals surface area contributed by atoms with E-state index >= 15 is 0 Å². The topological polar surface area (TPSA) is 69.6 Å². The average Bonchev–Trinajstić information content (AvgIpc) is 2.68. The molecule has 0 aromatic rings. The van der Waals surface area contributed by atoms with Gasteiger partial charge in [0, 0.05) is 13.1 Å². The SMILES string of the molecule is CCC12CC3CC(O)(C1)CC(C(=O)N1CCCNC(=O)C1)(C3)C2. The molecule has 5 nitrogen and oxygen atoms in total. The maximum Gasteiger partial charge on any atom is 0.239 e. The van der Waals surface area contributed by atoms with Crippen LogP contribution in [0.4, 0.5) is 0 Å². The van der Waals surface area contributed by atoms with Crippen molar-refractivity contribution < 1.29 is 14.7 Å². The maximum atomic E-state index is 13.4. The average molecular weight is 320 g/mol. The lowest BCUT2D eigenvalue weighted by atomic mass is 9.42. The van der Waals surface area contributed by atoms with Crippen LogP contribution >= 0.6 is 0 Å². The molecule has 0 radical (unpaired) electrons. The Kier molecular flexibility index (Phi) is 3.32. The molecule has 2 N–H and O–H groups in total. The molecule has 5 heteroatoms. The number of carbonyl (C=O) groups excluding carboxylic acids is 2. The van der Waals surface area contributed by atoms with E-state index in [1.807, 2.05) is 0 Å². The van der Waals surface area contributed by atoms with Crippen LogP contribution in [0.25, 0.3) is 0 Å². The minimum absolute atomic E-state index is 0.0514. The number of hydrogen-bond donors (Lipinski definition) is 2. The Morgan fingerprint density at radius 1 is 1.30 bits per heavy atom. The molecule has 0 aromatic heterocycles. The summed E-state index contributed by atoms with van der Waals surface area (Å²) in [7, 11) is 0. The molecule has 5 aliphatic rings. The predicted molar refractivity (Wildman–Crippen MR) is 85.5 cm³/mol. The Morgan fingerprint density at radius 2 is 2.13 bits per heavy atom. The van der Waals surface area contributed by atoms with Crippen molar-refractivity contribution >= 4 is 11.8 Å². The number of nitrogens with one attached hydrogen (secondary N) is 1. The molecule has 4 aliphatic carbocycles. The number of carbonyl (C=O) groups is 2. The van der Waals surface area contributed by atoms with Gasteiger partial charge in [0.05, 0.1) is 17.6 Å². The molecule has 4 bridgehead atoms. The first-order valence-electron chi connectivity index (χ1n) is 9.16. The van der Waals surface area contributed by atoms with Crippen LogP contribution in [-0.4, -0.2) is 47.1 Å². The minimum Gasteiger partial charge on any atom is -0.390 e. The molecule has 4 unspecified atom stereocenters. The third-order valence-electron chi connectivity index (χ3n) is 6.91. The van der Waals surface area contributed by atoms with Crippen LogP contribution in [0.15, 0.2) is 0 Å². The Balaban J connectivity index is 1.64. The Bertz CT molecular complexity index is 550. The quantitative estimate of drug-likeness (QED) is 0.809. The van der Waals surface area contributed by atoms with Crippen molar-refractivity contribution in [3.8, 4) is 0 Å². The summed E-state index contributed by atoms with van der Waals surface area (Å²) in [4.78, 5) is 27.0. The number of rotatable bonds is 2. The number of hydrogen-bond acceptors (Lipinski definition) is 3. The van der Waals surface area contributed by atoms with Crippen molar-refractivity contribution in [1.29, 1.82) is 0 Å². The summed E-state index contributed by atoms with van der Waals surface area (Å²) in [5.74, 6) is 0.556. The Morgan fingerprint density at radius 3 is 2.87 bits per heavy atom. The van der Waals surface area contributed by atoms with Gasteiger partial charge < -0.3 is 15.3 Å². The first-order chi connectivity index (χ1) is 10.9. The summed E-state index contributed by atoms with van der Waals surface area (Å²) >= 11 is 0. The van der Waals surface area contributed by atoms with Crippen molar-refractivity contribution in [3.05, 3.63) is 0 Å². The first kappa shape index (κ1) is 15.4. The smallest absolute Gasteiger partial charge is 0.239 e. The highest BCUT2D eigenvalue weighted by Crippen LogP contribution is 2.68. The molecule has 4 saturated carbocycles. The highest BCUT2D eigenvalue weighted by Gasteiger charge is 2.65. The zero-order valence-electron chi connectivity index (χ0n) is 14.1. The van der Waals surface area contributed by atoms with Gasteiger partial charge in [-0.3, -0.25) is 9.59 Å². The van der Waals surface area contributed by atoms with E-state index in [0.717, 1.165) is 38.5 Å². The van der Waals surface area contributed by atoms with Crippen LogP contribution in [0.5, 0.6) is 0 Å². The summed E-state index contributed by atoms with van der Waals surface area (Å²) in [6.45, 7) is 3.69. The molecule has 0 aromatic carbocycles. The summed E-state index contributed by atoms with van der Waals surface area (Å²) in [6, 6.07) is 0. The molecular weight excluding hydrogens is 292 g/mol. The lowest BCUT2D eigenvalue weighted by Gasteiger charge is -2.64. The zero-order valence-corrected chi connectivity index (χ0v) is 14.1. The van der Waals surface area contributed by atoms with Crippen molar-refractivity contribution in [3.63, 3.8) is 0 Å². The van der Waals surface area contributed by atoms with Gasteiger partial charge in [0.1, 0.15) is 0 Å². The van der Waals surface area contributed by atoms with Gasteiger partial charge in [-0.25, -0.2) is 0 Å². The monoisotopic (exact) mass is 320 g/mol. The highest BCUT2D eigenvalue weighted by molar-refractivity contribution is 5.88. The summed E-state index contributed by atoms with van der Waals surface area (Å²) in [5.41, 5.74) is -0.939. The van der Waals surface area contributed by atoms with Crippen molar-refractivity contribution in [2.45, 2.75) is 63.9 Å². The van der Waals surface area contributed by atoms with Gasteiger partial charge in [-0.05, 0) is 56.3 Å². The van der Waals surface area contributed by atoms with Crippen molar-refractivity contribution in [2.24, 2.45) is 16.7 Å². The number of nitrogens with zero attached hydrogens (tertiary/aromatic N) is 1. The molecule has 1 saturated heterocycles. The fourth-order valence-electron chi connectivity index (χ4n) is 6.53. The molecule has 23 heavy (non-hydrogen) atoms. The van der Waals surface area contributed by atoms with Crippen LogP contribution < -0.4 is 5.32 Å². The second-order valence-electron chi connectivity index (χ2n) is 8.80. The van der Waals surface area contributed by atoms with E-state index in [2.05, 4.69) is 12.2 Å². The van der Waals surface area contributed by atoms with Gasteiger partial charge in [-0.2, -0.15) is 0 Å². The molecule has 5 rings (SSSR count). The second kappa shape index (κ2) is 4.95. The van der Waals surface area contributed by atoms with Crippen molar-refractivity contribution in [2.75, 3.05) is 19.6 Å². The van der Waals surface area contributed by atoms with Crippen LogP contribution in [0, 0.1) is 16.7 Å². The van der Waals surface area contributed by atoms with Crippen LogP contribution in [-0.2, 0) is 9.59 Å². The summed E-state index contributed by atoms with van der Waals surface area (Å²) in [5, 5.41) is 13.9.